The van der Waals surface area contributed by atoms with E-state index in [1.807, 2.05) is 30.3 Å². The third-order valence-electron chi connectivity index (χ3n) is 7.38. The number of nitrogens with one attached hydrogen (secondary N) is 1. The molecule has 2 fully saturated rings. The summed E-state index contributed by atoms with van der Waals surface area (Å²) < 4.78 is 20.2. The number of fused-ring (bicyclic) bond motifs is 1. The van der Waals surface area contributed by atoms with E-state index in [1.165, 1.54) is 6.92 Å². The van der Waals surface area contributed by atoms with E-state index in [2.05, 4.69) is 5.32 Å². The Morgan fingerprint density at radius 1 is 1.16 bits per heavy atom. The quantitative estimate of drug-likeness (QED) is 0.438. The van der Waals surface area contributed by atoms with E-state index in [0.29, 0.717) is 19.3 Å². The average molecular weight is 531 g/mol. The van der Waals surface area contributed by atoms with Crippen LogP contribution in [0.4, 0.5) is 4.79 Å². The zero-order valence-electron chi connectivity index (χ0n) is 21.6. The third-order valence-corrected chi connectivity index (χ3v) is 7.38. The molecule has 2 heterocycles. The summed E-state index contributed by atoms with van der Waals surface area (Å²) in [7, 11) is 0. The Hall–Kier alpha value is -3.60. The normalized spacial score (nSPS) is 22.4. The zero-order chi connectivity index (χ0) is 27.2. The minimum absolute atomic E-state index is 0.0912. The van der Waals surface area contributed by atoms with Crippen molar-refractivity contribution < 1.29 is 37.8 Å². The summed E-state index contributed by atoms with van der Waals surface area (Å²) in [5.74, 6) is -1.28. The number of likely N-dealkylation sites (tertiary alicyclic amines) is 1. The molecule has 2 aromatic rings. The molecule has 0 spiro atoms. The Morgan fingerprint density at radius 2 is 1.89 bits per heavy atom. The molecule has 38 heavy (non-hydrogen) atoms. The van der Waals surface area contributed by atoms with Crippen molar-refractivity contribution >= 4 is 18.0 Å². The van der Waals surface area contributed by atoms with Crippen LogP contribution in [0.5, 0.6) is 0 Å². The number of carboxylic acid groups (broad SMARTS) is 1. The Bertz CT molecular complexity index is 1170. The van der Waals surface area contributed by atoms with E-state index in [9.17, 15) is 24.3 Å². The summed E-state index contributed by atoms with van der Waals surface area (Å²) in [6.45, 7) is 2.90. The molecular formula is C27H34N2O9. The molecule has 1 aromatic heterocycles. The van der Waals surface area contributed by atoms with Crippen molar-refractivity contribution in [3.63, 3.8) is 0 Å². The topological polar surface area (TPSA) is 149 Å². The van der Waals surface area contributed by atoms with Gasteiger partial charge < -0.3 is 28.3 Å². The van der Waals surface area contributed by atoms with Crippen LogP contribution in [0, 0.1) is 12.8 Å². The number of esters is 1. The predicted octanol–water partition coefficient (Wildman–Crippen LogP) is 3.38. The molecule has 4 rings (SSSR count). The second-order valence-corrected chi connectivity index (χ2v) is 9.94. The maximum Gasteiger partial charge on any atom is 0.519 e. The predicted molar refractivity (Wildman–Crippen MR) is 133 cm³/mol. The van der Waals surface area contributed by atoms with Gasteiger partial charge in [0, 0.05) is 12.5 Å². The Morgan fingerprint density at radius 3 is 2.58 bits per heavy atom. The SMILES string of the molecule is Cc1oc(=O)oc1COC(=O)[C@H](CCc1ccccc1)N[C@@H](C)C(=O)N1[C@@H](OC(=O)O)C[C@H]2CCCC[C@@H]21. The van der Waals surface area contributed by atoms with Crippen LogP contribution in [0.15, 0.2) is 44.0 Å². The minimum Gasteiger partial charge on any atom is -0.456 e. The smallest absolute Gasteiger partial charge is 0.456 e. The molecule has 5 atom stereocenters. The minimum atomic E-state index is -1.42. The lowest BCUT2D eigenvalue weighted by Gasteiger charge is -2.35. The van der Waals surface area contributed by atoms with Crippen LogP contribution in [-0.2, 0) is 32.1 Å². The summed E-state index contributed by atoms with van der Waals surface area (Å²) in [5.41, 5.74) is 1.02. The lowest BCUT2D eigenvalue weighted by Crippen LogP contribution is -2.55. The lowest BCUT2D eigenvalue weighted by atomic mass is 9.85. The number of carbonyl (C=O) groups is 3. The monoisotopic (exact) mass is 530 g/mol. The summed E-state index contributed by atoms with van der Waals surface area (Å²) in [5, 5.41) is 12.3. The first-order valence-electron chi connectivity index (χ1n) is 13.0. The number of hydrogen-bond acceptors (Lipinski definition) is 9. The number of aryl methyl sites for hydroxylation is 2. The van der Waals surface area contributed by atoms with Gasteiger partial charge in [-0.1, -0.05) is 43.2 Å². The number of amides is 1. The van der Waals surface area contributed by atoms with Gasteiger partial charge in [-0.2, -0.15) is 0 Å². The van der Waals surface area contributed by atoms with Gasteiger partial charge in [-0.05, 0) is 51.0 Å². The molecule has 1 aliphatic carbocycles. The number of nitrogens with zero attached hydrogens (tertiary/aromatic N) is 1. The van der Waals surface area contributed by atoms with Gasteiger partial charge in [-0.3, -0.25) is 14.9 Å². The molecule has 1 amide bonds. The summed E-state index contributed by atoms with van der Waals surface area (Å²) in [6, 6.07) is 7.86. The van der Waals surface area contributed by atoms with E-state index in [1.54, 1.807) is 11.8 Å². The molecule has 2 aliphatic rings. The average Bonchev–Trinajstić information content (AvgIpc) is 3.42. The molecule has 1 aliphatic heterocycles. The van der Waals surface area contributed by atoms with Crippen molar-refractivity contribution in [2.45, 2.75) is 89.8 Å². The number of benzene rings is 1. The van der Waals surface area contributed by atoms with E-state index in [-0.39, 0.29) is 36.0 Å². The molecule has 2 N–H and O–H groups in total. The highest BCUT2D eigenvalue weighted by molar-refractivity contribution is 5.84. The molecule has 11 nitrogen and oxygen atoms in total. The highest BCUT2D eigenvalue weighted by Gasteiger charge is 2.47. The summed E-state index contributed by atoms with van der Waals surface area (Å²) >= 11 is 0. The molecular weight excluding hydrogens is 496 g/mol. The van der Waals surface area contributed by atoms with Gasteiger partial charge >= 0.3 is 17.9 Å². The van der Waals surface area contributed by atoms with Crippen LogP contribution in [0.25, 0.3) is 0 Å². The second kappa shape index (κ2) is 12.3. The zero-order valence-corrected chi connectivity index (χ0v) is 21.6. The summed E-state index contributed by atoms with van der Waals surface area (Å²) in [6.07, 6.45) is 2.82. The number of hydrogen-bond donors (Lipinski definition) is 2. The van der Waals surface area contributed by atoms with Gasteiger partial charge in [0.05, 0.1) is 6.04 Å². The molecule has 1 saturated carbocycles. The highest BCUT2D eigenvalue weighted by Crippen LogP contribution is 2.40. The first-order valence-corrected chi connectivity index (χ1v) is 13.0. The highest BCUT2D eigenvalue weighted by atomic mass is 16.7. The van der Waals surface area contributed by atoms with Gasteiger partial charge in [-0.25, -0.2) is 9.59 Å². The van der Waals surface area contributed by atoms with Gasteiger partial charge in [-0.15, -0.1) is 0 Å². The lowest BCUT2D eigenvalue weighted by molar-refractivity contribution is -0.150. The van der Waals surface area contributed by atoms with Gasteiger partial charge in [0.1, 0.15) is 6.04 Å². The van der Waals surface area contributed by atoms with Gasteiger partial charge in [0.25, 0.3) is 0 Å². The molecule has 1 aromatic carbocycles. The van der Waals surface area contributed by atoms with Gasteiger partial charge in [0.15, 0.2) is 24.4 Å². The van der Waals surface area contributed by atoms with Crippen molar-refractivity contribution in [1.82, 2.24) is 10.2 Å². The van der Waals surface area contributed by atoms with Crippen LogP contribution < -0.4 is 11.1 Å². The molecule has 206 valence electrons. The standard InChI is InChI=1S/C27H34N2O9/c1-16(24(30)29-21-11-7-6-10-19(21)14-23(29)38-26(32)33)28-20(13-12-18-8-4-3-5-9-18)25(31)35-15-22-17(2)36-27(34)37-22/h3-5,8-9,16,19-21,23,28H,6-7,10-15H2,1-2H3,(H,32,33)/t16-,19+,20-,21-,23-/m0/s1. The first-order chi connectivity index (χ1) is 18.2. The Kier molecular flexibility index (Phi) is 8.88. The van der Waals surface area contributed by atoms with Crippen molar-refractivity contribution in [3.8, 4) is 0 Å². The van der Waals surface area contributed by atoms with E-state index in [0.717, 1.165) is 31.2 Å². The molecule has 0 unspecified atom stereocenters. The van der Waals surface area contributed by atoms with Crippen molar-refractivity contribution in [3.05, 3.63) is 58.0 Å². The fourth-order valence-electron chi connectivity index (χ4n) is 5.51. The fraction of sp³-hybridized carbons (Fsp3) is 0.556. The van der Waals surface area contributed by atoms with Crippen LogP contribution in [-0.4, -0.2) is 52.4 Å². The first kappa shape index (κ1) is 27.4. The van der Waals surface area contributed by atoms with Crippen LogP contribution in [0.2, 0.25) is 0 Å². The summed E-state index contributed by atoms with van der Waals surface area (Å²) in [4.78, 5) is 50.9. The van der Waals surface area contributed by atoms with E-state index >= 15 is 0 Å². The molecule has 0 bridgehead atoms. The third kappa shape index (κ3) is 6.63. The van der Waals surface area contributed by atoms with Crippen molar-refractivity contribution in [1.29, 1.82) is 0 Å². The molecule has 0 radical (unpaired) electrons. The van der Waals surface area contributed by atoms with E-state index in [4.69, 9.17) is 18.3 Å². The number of carbonyl (C=O) groups excluding carboxylic acids is 2. The maximum absolute atomic E-state index is 13.6. The Balaban J connectivity index is 1.47. The van der Waals surface area contributed by atoms with Crippen LogP contribution >= 0.6 is 0 Å². The number of ether oxygens (including phenoxy) is 2. The van der Waals surface area contributed by atoms with Crippen LogP contribution in [0.1, 0.15) is 62.5 Å². The van der Waals surface area contributed by atoms with Crippen LogP contribution in [0.3, 0.4) is 0 Å². The molecule has 1 saturated heterocycles. The second-order valence-electron chi connectivity index (χ2n) is 9.94. The maximum atomic E-state index is 13.6. The fourth-order valence-corrected chi connectivity index (χ4v) is 5.51. The molecule has 11 heteroatoms. The largest absolute Gasteiger partial charge is 0.519 e. The van der Waals surface area contributed by atoms with Crippen molar-refractivity contribution in [2.75, 3.05) is 0 Å². The van der Waals surface area contributed by atoms with E-state index < -0.39 is 36.3 Å². The number of rotatable bonds is 10. The Labute approximate surface area is 220 Å². The van der Waals surface area contributed by atoms with Crippen molar-refractivity contribution in [2.24, 2.45) is 5.92 Å². The van der Waals surface area contributed by atoms with Gasteiger partial charge in [0.2, 0.25) is 5.91 Å².